The van der Waals surface area contributed by atoms with Crippen LogP contribution in [-0.2, 0) is 14.1 Å². The van der Waals surface area contributed by atoms with Gasteiger partial charge in [-0.3, -0.25) is 4.79 Å². The lowest BCUT2D eigenvalue weighted by Gasteiger charge is -2.13. The quantitative estimate of drug-likeness (QED) is 0.378. The number of aromatic nitrogens is 4. The molecule has 1 aliphatic heterocycles. The van der Waals surface area contributed by atoms with Gasteiger partial charge in [0.05, 0.1) is 18.1 Å². The molecular weight excluding hydrogens is 442 g/mol. The first-order valence-corrected chi connectivity index (χ1v) is 10.8. The fourth-order valence-corrected chi connectivity index (χ4v) is 4.01. The second kappa shape index (κ2) is 8.25. The summed E-state index contributed by atoms with van der Waals surface area (Å²) in [6, 6.07) is 1.89. The highest BCUT2D eigenvalue weighted by Crippen LogP contribution is 2.40. The molecule has 3 N–H and O–H groups in total. The Morgan fingerprint density at radius 2 is 2.18 bits per heavy atom. The topological polar surface area (TPSA) is 110 Å². The second-order valence-corrected chi connectivity index (χ2v) is 8.37. The molecule has 2 aliphatic rings. The maximum atomic E-state index is 12.7. The number of nitrogens with zero attached hydrogens (tertiary/aromatic N) is 4. The Morgan fingerprint density at radius 3 is 2.88 bits per heavy atom. The molecule has 168 valence electrons. The number of pyridine rings is 2. The molecule has 33 heavy (non-hydrogen) atoms. The van der Waals surface area contributed by atoms with E-state index >= 15 is 0 Å². The lowest BCUT2D eigenvalue weighted by atomic mass is 10.2. The number of fused-ring (bicyclic) bond motifs is 1. The zero-order chi connectivity index (χ0) is 23.1. The Kier molecular flexibility index (Phi) is 5.26. The van der Waals surface area contributed by atoms with Gasteiger partial charge < -0.3 is 29.9 Å². The highest BCUT2D eigenvalue weighted by molar-refractivity contribution is 6.36. The first-order chi connectivity index (χ1) is 16.0. The summed E-state index contributed by atoms with van der Waals surface area (Å²) < 4.78 is 9.21. The predicted octanol–water partition coefficient (Wildman–Crippen LogP) is 3.85. The van der Waals surface area contributed by atoms with Crippen molar-refractivity contribution in [1.29, 1.82) is 5.41 Å². The van der Waals surface area contributed by atoms with Crippen LogP contribution in [0.1, 0.15) is 24.3 Å². The molecule has 5 rings (SSSR count). The van der Waals surface area contributed by atoms with Crippen LogP contribution in [-0.4, -0.2) is 25.3 Å². The van der Waals surface area contributed by atoms with Crippen LogP contribution in [0.3, 0.4) is 0 Å². The van der Waals surface area contributed by atoms with Crippen LogP contribution in [0.4, 0.5) is 11.6 Å². The highest BCUT2D eigenvalue weighted by atomic mass is 35.5. The van der Waals surface area contributed by atoms with Crippen LogP contribution in [0.25, 0.3) is 11.2 Å². The number of ether oxygens (including phenoxy) is 1. The van der Waals surface area contributed by atoms with E-state index in [0.29, 0.717) is 50.9 Å². The molecule has 9 nitrogen and oxygen atoms in total. The summed E-state index contributed by atoms with van der Waals surface area (Å²) >= 11 is 6.67. The summed E-state index contributed by atoms with van der Waals surface area (Å²) in [6.45, 7) is 0. The van der Waals surface area contributed by atoms with E-state index in [4.69, 9.17) is 21.7 Å². The molecule has 0 unspecified atom stereocenters. The van der Waals surface area contributed by atoms with Crippen LogP contribution in [0.5, 0.6) is 5.75 Å². The number of halogens is 1. The van der Waals surface area contributed by atoms with Crippen LogP contribution < -0.4 is 20.9 Å². The molecule has 0 bridgehead atoms. The highest BCUT2D eigenvalue weighted by Gasteiger charge is 2.25. The third-order valence-electron chi connectivity index (χ3n) is 5.63. The number of nitrogens with one attached hydrogen (secondary N) is 3. The number of hydrogen-bond acceptors (Lipinski definition) is 7. The van der Waals surface area contributed by atoms with Crippen molar-refractivity contribution in [1.82, 2.24) is 24.4 Å². The van der Waals surface area contributed by atoms with Gasteiger partial charge in [0.1, 0.15) is 16.2 Å². The minimum atomic E-state index is -0.140. The number of anilines is 2. The van der Waals surface area contributed by atoms with Gasteiger partial charge in [0.2, 0.25) is 5.95 Å². The standard InChI is InChI=1S/C23H22ClN7O2/c1-30-12-14(13-6-7-13)9-16(22(30)32)28-23-29-21-20(31(23)2)19(24)18(11-27-21)33-17(10-25)15-5-3-4-8-26-15/h3-5,8-13,25-26H,6-7H2,1-2H3,(H,27,28,29)/b17-15+,25-10?. The molecule has 0 amide bonds. The largest absolute Gasteiger partial charge is 0.450 e. The van der Waals surface area contributed by atoms with Crippen molar-refractivity contribution in [3.63, 3.8) is 0 Å². The Labute approximate surface area is 194 Å². The number of imidazole rings is 1. The Bertz CT molecular complexity index is 1430. The molecule has 3 aromatic heterocycles. The van der Waals surface area contributed by atoms with Gasteiger partial charge in [0, 0.05) is 26.5 Å². The van der Waals surface area contributed by atoms with E-state index in [2.05, 4.69) is 20.6 Å². The van der Waals surface area contributed by atoms with Crippen LogP contribution in [0.15, 0.2) is 59.1 Å². The molecule has 1 aliphatic carbocycles. The number of dihydropyridines is 1. The zero-order valence-electron chi connectivity index (χ0n) is 18.1. The summed E-state index contributed by atoms with van der Waals surface area (Å²) in [4.78, 5) is 21.6. The molecule has 0 radical (unpaired) electrons. The SMILES string of the molecule is Cn1cc(C2CC2)cc(Nc2nc3ncc(O/C(C=N)=C4\C=CC=CN4)c(Cl)c3n2C)c1=O. The minimum absolute atomic E-state index is 0.140. The van der Waals surface area contributed by atoms with Gasteiger partial charge in [0.25, 0.3) is 5.56 Å². The van der Waals surface area contributed by atoms with E-state index in [1.807, 2.05) is 24.4 Å². The Hall–Kier alpha value is -3.85. The molecule has 0 saturated heterocycles. The van der Waals surface area contributed by atoms with Gasteiger partial charge in [-0.25, -0.2) is 4.98 Å². The van der Waals surface area contributed by atoms with Gasteiger partial charge in [0.15, 0.2) is 17.2 Å². The van der Waals surface area contributed by atoms with Gasteiger partial charge in [-0.1, -0.05) is 17.7 Å². The summed E-state index contributed by atoms with van der Waals surface area (Å²) in [5.74, 6) is 1.53. The summed E-state index contributed by atoms with van der Waals surface area (Å²) in [6.07, 6.45) is 14.0. The molecule has 4 heterocycles. The van der Waals surface area contributed by atoms with Crippen LogP contribution >= 0.6 is 11.6 Å². The second-order valence-electron chi connectivity index (χ2n) is 7.99. The molecule has 1 saturated carbocycles. The maximum absolute atomic E-state index is 12.7. The average Bonchev–Trinajstić information content (AvgIpc) is 3.62. The summed E-state index contributed by atoms with van der Waals surface area (Å²) in [5, 5.41) is 14.2. The van der Waals surface area contributed by atoms with E-state index in [9.17, 15) is 4.79 Å². The summed E-state index contributed by atoms with van der Waals surface area (Å²) in [5.41, 5.74) is 3.04. The smallest absolute Gasteiger partial charge is 0.274 e. The maximum Gasteiger partial charge on any atom is 0.274 e. The molecule has 0 spiro atoms. The lowest BCUT2D eigenvalue weighted by molar-refractivity contribution is 0.448. The number of allylic oxidation sites excluding steroid dienone is 4. The molecule has 0 atom stereocenters. The third-order valence-corrected chi connectivity index (χ3v) is 6.00. The van der Waals surface area contributed by atoms with Crippen molar-refractivity contribution in [2.45, 2.75) is 18.8 Å². The van der Waals surface area contributed by atoms with E-state index < -0.39 is 0 Å². The molecule has 1 fully saturated rings. The number of aryl methyl sites for hydroxylation is 2. The molecule has 10 heteroatoms. The molecular formula is C23H22ClN7O2. The molecule has 3 aromatic rings. The van der Waals surface area contributed by atoms with E-state index in [1.54, 1.807) is 35.5 Å². The van der Waals surface area contributed by atoms with E-state index in [0.717, 1.165) is 24.6 Å². The van der Waals surface area contributed by atoms with Crippen molar-refractivity contribution in [3.05, 3.63) is 75.3 Å². The zero-order valence-corrected chi connectivity index (χ0v) is 18.8. The molecule has 0 aromatic carbocycles. The number of hydrogen-bond donors (Lipinski definition) is 3. The van der Waals surface area contributed by atoms with Crippen molar-refractivity contribution in [3.8, 4) is 5.75 Å². The van der Waals surface area contributed by atoms with Crippen molar-refractivity contribution >= 4 is 40.6 Å². The monoisotopic (exact) mass is 463 g/mol. The van der Waals surface area contributed by atoms with Gasteiger partial charge in [-0.15, -0.1) is 0 Å². The van der Waals surface area contributed by atoms with Crippen LogP contribution in [0, 0.1) is 5.41 Å². The van der Waals surface area contributed by atoms with Gasteiger partial charge >= 0.3 is 0 Å². The Morgan fingerprint density at radius 1 is 1.36 bits per heavy atom. The Balaban J connectivity index is 1.51. The van der Waals surface area contributed by atoms with Gasteiger partial charge in [-0.2, -0.15) is 4.98 Å². The van der Waals surface area contributed by atoms with Gasteiger partial charge in [-0.05, 0) is 42.5 Å². The third kappa shape index (κ3) is 3.91. The fraction of sp³-hybridized carbons (Fsp3) is 0.217. The average molecular weight is 464 g/mol. The summed E-state index contributed by atoms with van der Waals surface area (Å²) in [7, 11) is 3.54. The van der Waals surface area contributed by atoms with Crippen molar-refractivity contribution < 1.29 is 4.74 Å². The first kappa shape index (κ1) is 21.0. The first-order valence-electron chi connectivity index (χ1n) is 10.5. The number of rotatable bonds is 6. The fourth-order valence-electron chi connectivity index (χ4n) is 3.71. The van der Waals surface area contributed by atoms with Crippen molar-refractivity contribution in [2.24, 2.45) is 14.1 Å². The van der Waals surface area contributed by atoms with Crippen molar-refractivity contribution in [2.75, 3.05) is 5.32 Å². The lowest BCUT2D eigenvalue weighted by Crippen LogP contribution is -2.20. The van der Waals surface area contributed by atoms with Crippen LogP contribution in [0.2, 0.25) is 5.02 Å². The van der Waals surface area contributed by atoms with E-state index in [-0.39, 0.29) is 5.56 Å². The van der Waals surface area contributed by atoms with E-state index in [1.165, 1.54) is 6.20 Å². The normalized spacial score (nSPS) is 16.6. The minimum Gasteiger partial charge on any atom is -0.450 e. The predicted molar refractivity (Wildman–Crippen MR) is 128 cm³/mol.